The number of aryl methyl sites for hydroxylation is 3. The molecule has 7 aromatic rings. The molecule has 0 atom stereocenters. The molecular weight excluding hydrogens is 759 g/mol. The zero-order valence-electron chi connectivity index (χ0n) is 32.6. The van der Waals surface area contributed by atoms with Crippen molar-refractivity contribution in [3.05, 3.63) is 179 Å². The van der Waals surface area contributed by atoms with Gasteiger partial charge >= 0.3 is 0 Å². The second kappa shape index (κ2) is 16.8. The molecule has 0 saturated heterocycles. The molecule has 290 valence electrons. The number of nitrogens with one attached hydrogen (secondary N) is 2. The largest absolute Gasteiger partial charge is 0.324 e. The molecule has 2 aliphatic rings. The first kappa shape index (κ1) is 38.8. The third-order valence-electron chi connectivity index (χ3n) is 10.0. The SMILES string of the molecule is Cc1cc(-c2cccc(C3=Nc4cc(C)c(Cl)cc4NC(=O)C3)c2)ccn1.Cc1cc(-c2cccc(C3=Nc4ccc(-c5ccccc5F)cc4NC(=O)C3)c2)ccn1. The Morgan fingerprint density at radius 3 is 1.63 bits per heavy atom. The lowest BCUT2D eigenvalue weighted by Crippen LogP contribution is -2.15. The first-order valence-corrected chi connectivity index (χ1v) is 19.4. The third-order valence-corrected chi connectivity index (χ3v) is 10.4. The second-order valence-corrected chi connectivity index (χ2v) is 14.8. The molecule has 0 fully saturated rings. The van der Waals surface area contributed by atoms with Gasteiger partial charge in [0.15, 0.2) is 0 Å². The van der Waals surface area contributed by atoms with E-state index in [2.05, 4.69) is 26.7 Å². The lowest BCUT2D eigenvalue weighted by Gasteiger charge is -2.09. The second-order valence-electron chi connectivity index (χ2n) is 14.4. The van der Waals surface area contributed by atoms with Crippen molar-refractivity contribution in [1.82, 2.24) is 9.97 Å². The molecule has 4 heterocycles. The van der Waals surface area contributed by atoms with Crippen LogP contribution in [0.5, 0.6) is 0 Å². The summed E-state index contributed by atoms with van der Waals surface area (Å²) in [6.07, 6.45) is 3.96. The summed E-state index contributed by atoms with van der Waals surface area (Å²) in [5.74, 6) is -0.560. The summed E-state index contributed by atoms with van der Waals surface area (Å²) in [5.41, 5.74) is 14.1. The van der Waals surface area contributed by atoms with Crippen molar-refractivity contribution in [3.8, 4) is 33.4 Å². The summed E-state index contributed by atoms with van der Waals surface area (Å²) in [7, 11) is 0. The van der Waals surface area contributed by atoms with E-state index in [1.165, 1.54) is 6.07 Å². The van der Waals surface area contributed by atoms with E-state index >= 15 is 0 Å². The van der Waals surface area contributed by atoms with Crippen LogP contribution < -0.4 is 10.6 Å². The van der Waals surface area contributed by atoms with Crippen LogP contribution in [0, 0.1) is 26.6 Å². The Balaban J connectivity index is 0.000000167. The summed E-state index contributed by atoms with van der Waals surface area (Å²) in [4.78, 5) is 43.1. The van der Waals surface area contributed by atoms with E-state index in [1.807, 2.05) is 106 Å². The molecule has 5 aromatic carbocycles. The number of hydrogen-bond donors (Lipinski definition) is 2. The summed E-state index contributed by atoms with van der Waals surface area (Å²) in [6, 6.07) is 39.8. The van der Waals surface area contributed by atoms with Gasteiger partial charge in [0.25, 0.3) is 0 Å². The smallest absolute Gasteiger partial charge is 0.230 e. The normalized spacial score (nSPS) is 13.2. The highest BCUT2D eigenvalue weighted by Crippen LogP contribution is 2.36. The number of benzene rings is 5. The van der Waals surface area contributed by atoms with Crippen molar-refractivity contribution < 1.29 is 14.0 Å². The van der Waals surface area contributed by atoms with Gasteiger partial charge in [0.2, 0.25) is 11.8 Å². The Bertz CT molecular complexity index is 2850. The molecule has 0 spiro atoms. The fourth-order valence-corrected chi connectivity index (χ4v) is 7.22. The predicted molar refractivity (Wildman–Crippen MR) is 236 cm³/mol. The number of aromatic nitrogens is 2. The first-order chi connectivity index (χ1) is 28.6. The molecule has 0 saturated carbocycles. The monoisotopic (exact) mass is 796 g/mol. The number of carbonyl (C=O) groups is 2. The van der Waals surface area contributed by atoms with Gasteiger partial charge in [-0.1, -0.05) is 72.3 Å². The Morgan fingerprint density at radius 1 is 0.525 bits per heavy atom. The van der Waals surface area contributed by atoms with Crippen LogP contribution in [0.1, 0.15) is 40.9 Å². The maximum atomic E-state index is 14.2. The van der Waals surface area contributed by atoms with Crippen LogP contribution in [0.4, 0.5) is 27.1 Å². The summed E-state index contributed by atoms with van der Waals surface area (Å²) < 4.78 is 14.2. The van der Waals surface area contributed by atoms with E-state index < -0.39 is 0 Å². The minimum Gasteiger partial charge on any atom is -0.324 e. The fraction of sp³-hybridized carbons (Fsp3) is 0.102. The number of amides is 2. The van der Waals surface area contributed by atoms with Crippen LogP contribution >= 0.6 is 11.6 Å². The molecule has 59 heavy (non-hydrogen) atoms. The molecule has 0 radical (unpaired) electrons. The Labute approximate surface area is 346 Å². The maximum absolute atomic E-state index is 14.2. The van der Waals surface area contributed by atoms with E-state index in [0.29, 0.717) is 38.9 Å². The van der Waals surface area contributed by atoms with E-state index in [9.17, 15) is 14.0 Å². The van der Waals surface area contributed by atoms with E-state index in [-0.39, 0.29) is 30.5 Å². The van der Waals surface area contributed by atoms with Crippen molar-refractivity contribution in [2.45, 2.75) is 33.6 Å². The third kappa shape index (κ3) is 8.91. The topological polar surface area (TPSA) is 109 Å². The van der Waals surface area contributed by atoms with Gasteiger partial charge in [-0.2, -0.15) is 0 Å². The molecule has 2 aromatic heterocycles. The van der Waals surface area contributed by atoms with E-state index in [1.54, 1.807) is 42.7 Å². The number of rotatable bonds is 5. The van der Waals surface area contributed by atoms with Gasteiger partial charge in [-0.3, -0.25) is 29.5 Å². The number of hydrogen-bond acceptors (Lipinski definition) is 6. The van der Waals surface area contributed by atoms with Crippen molar-refractivity contribution in [2.24, 2.45) is 9.98 Å². The predicted octanol–water partition coefficient (Wildman–Crippen LogP) is 11.8. The van der Waals surface area contributed by atoms with Gasteiger partial charge in [0.05, 0.1) is 47.0 Å². The molecule has 9 rings (SSSR count). The quantitative estimate of drug-likeness (QED) is 0.181. The highest BCUT2D eigenvalue weighted by atomic mass is 35.5. The average molecular weight is 797 g/mol. The van der Waals surface area contributed by atoms with Gasteiger partial charge in [-0.25, -0.2) is 4.39 Å². The number of carbonyl (C=O) groups excluding carboxylic acids is 2. The zero-order valence-corrected chi connectivity index (χ0v) is 33.3. The van der Waals surface area contributed by atoms with Gasteiger partial charge in [0, 0.05) is 34.4 Å². The van der Waals surface area contributed by atoms with Gasteiger partial charge < -0.3 is 10.6 Å². The molecule has 10 heteroatoms. The van der Waals surface area contributed by atoms with Crippen molar-refractivity contribution in [3.63, 3.8) is 0 Å². The minimum absolute atomic E-state index is 0.0995. The summed E-state index contributed by atoms with van der Waals surface area (Å²) in [5, 5.41) is 6.43. The molecule has 2 amide bonds. The summed E-state index contributed by atoms with van der Waals surface area (Å²) in [6.45, 7) is 5.86. The van der Waals surface area contributed by atoms with Crippen LogP contribution in [0.25, 0.3) is 33.4 Å². The van der Waals surface area contributed by atoms with Crippen LogP contribution in [0.2, 0.25) is 5.02 Å². The zero-order chi connectivity index (χ0) is 41.0. The van der Waals surface area contributed by atoms with Gasteiger partial charge in [0.1, 0.15) is 5.82 Å². The number of halogens is 2. The van der Waals surface area contributed by atoms with E-state index in [0.717, 1.165) is 61.7 Å². The molecule has 2 N–H and O–H groups in total. The Kier molecular flexibility index (Phi) is 11.0. The lowest BCUT2D eigenvalue weighted by molar-refractivity contribution is -0.115. The van der Waals surface area contributed by atoms with Gasteiger partial charge in [-0.05, 0) is 132 Å². The maximum Gasteiger partial charge on any atom is 0.230 e. The number of anilines is 2. The number of fused-ring (bicyclic) bond motifs is 2. The first-order valence-electron chi connectivity index (χ1n) is 19.1. The molecule has 0 aliphatic carbocycles. The minimum atomic E-state index is -0.306. The van der Waals surface area contributed by atoms with Crippen molar-refractivity contribution >= 4 is 57.6 Å². The summed E-state index contributed by atoms with van der Waals surface area (Å²) >= 11 is 6.20. The number of nitrogens with zero attached hydrogens (tertiary/aromatic N) is 4. The van der Waals surface area contributed by atoms with Crippen LogP contribution in [0.3, 0.4) is 0 Å². The lowest BCUT2D eigenvalue weighted by atomic mass is 10.00. The molecule has 0 unspecified atom stereocenters. The molecule has 0 bridgehead atoms. The van der Waals surface area contributed by atoms with Gasteiger partial charge in [-0.15, -0.1) is 0 Å². The molecule has 2 aliphatic heterocycles. The van der Waals surface area contributed by atoms with Crippen molar-refractivity contribution in [2.75, 3.05) is 10.6 Å². The Morgan fingerprint density at radius 2 is 1.05 bits per heavy atom. The van der Waals surface area contributed by atoms with Crippen LogP contribution in [0.15, 0.2) is 150 Å². The average Bonchev–Trinajstić information content (AvgIpc) is 3.50. The highest BCUT2D eigenvalue weighted by Gasteiger charge is 2.20. The number of pyridine rings is 2. The Hall–Kier alpha value is -7.10. The molecular formula is C49H38ClFN6O2. The van der Waals surface area contributed by atoms with Crippen LogP contribution in [-0.4, -0.2) is 33.2 Å². The molecule has 8 nitrogen and oxygen atoms in total. The van der Waals surface area contributed by atoms with Crippen molar-refractivity contribution in [1.29, 1.82) is 0 Å². The van der Waals surface area contributed by atoms with E-state index in [4.69, 9.17) is 21.6 Å². The van der Waals surface area contributed by atoms with Crippen LogP contribution in [-0.2, 0) is 9.59 Å². The fourth-order valence-electron chi connectivity index (χ4n) is 7.06. The highest BCUT2D eigenvalue weighted by molar-refractivity contribution is 6.32. The number of aliphatic imine (C=N–C) groups is 2. The standard InChI is InChI=1S/C27H20FN3O.C22H18ClN3O/c1-17-13-19(11-12-29-17)18-5-4-6-21(14-18)25-16-27(32)31-26-15-20(9-10-24(26)30-25)22-7-2-3-8-23(22)28;1-13-8-20-21(11-18(13)23)26-22(27)12-19(25-20)17-5-3-4-15(10-17)16-6-7-24-14(2)9-16/h2-15H,16H2,1H3,(H,31,32);3-11H,12H2,1-2H3,(H,26,27).